The van der Waals surface area contributed by atoms with Crippen molar-refractivity contribution in [2.75, 3.05) is 18.9 Å². The van der Waals surface area contributed by atoms with E-state index in [2.05, 4.69) is 36.5 Å². The summed E-state index contributed by atoms with van der Waals surface area (Å²) in [5, 5.41) is 10.0. The highest BCUT2D eigenvalue weighted by molar-refractivity contribution is 5.94. The third kappa shape index (κ3) is 4.26. The quantitative estimate of drug-likeness (QED) is 0.523. The molecule has 5 nitrogen and oxygen atoms in total. The Bertz CT molecular complexity index is 1180. The summed E-state index contributed by atoms with van der Waals surface area (Å²) in [6.45, 7) is 5.26. The van der Waals surface area contributed by atoms with E-state index in [0.29, 0.717) is 6.54 Å². The molecule has 1 amide bonds. The van der Waals surface area contributed by atoms with Gasteiger partial charge in [-0.15, -0.1) is 0 Å². The van der Waals surface area contributed by atoms with Gasteiger partial charge in [-0.1, -0.05) is 48.5 Å². The van der Waals surface area contributed by atoms with E-state index in [1.807, 2.05) is 67.2 Å². The number of anilines is 1. The van der Waals surface area contributed by atoms with E-state index in [4.69, 9.17) is 5.10 Å². The number of rotatable bonds is 6. The van der Waals surface area contributed by atoms with E-state index in [9.17, 15) is 4.79 Å². The van der Waals surface area contributed by atoms with E-state index in [1.54, 1.807) is 0 Å². The summed E-state index contributed by atoms with van der Waals surface area (Å²) in [5.74, 6) is 0.00791. The Morgan fingerprint density at radius 2 is 1.67 bits per heavy atom. The van der Waals surface area contributed by atoms with Crippen LogP contribution in [-0.2, 0) is 11.3 Å². The van der Waals surface area contributed by atoms with Crippen molar-refractivity contribution < 1.29 is 9.69 Å². The van der Waals surface area contributed by atoms with Crippen molar-refractivity contribution in [3.8, 4) is 5.69 Å². The van der Waals surface area contributed by atoms with Crippen molar-refractivity contribution in [3.05, 3.63) is 89.7 Å². The van der Waals surface area contributed by atoms with Gasteiger partial charge < -0.3 is 10.2 Å². The fraction of sp³-hybridized carbons (Fsp3) is 0.200. The minimum atomic E-state index is 0.00791. The Morgan fingerprint density at radius 3 is 2.43 bits per heavy atom. The number of fused-ring (bicyclic) bond motifs is 1. The summed E-state index contributed by atoms with van der Waals surface area (Å²) in [5.41, 5.74) is 5.19. The van der Waals surface area contributed by atoms with Gasteiger partial charge in [0.2, 0.25) is 0 Å². The first kappa shape index (κ1) is 19.9. The zero-order chi connectivity index (χ0) is 21.1. The number of carbonyl (C=O) groups is 1. The van der Waals surface area contributed by atoms with Gasteiger partial charge in [0.15, 0.2) is 6.54 Å². The number of para-hydroxylation sites is 1. The smallest absolute Gasteiger partial charge is 0.279 e. The monoisotopic (exact) mass is 399 g/mol. The molecule has 1 aromatic heterocycles. The van der Waals surface area contributed by atoms with Crippen LogP contribution in [0.2, 0.25) is 0 Å². The van der Waals surface area contributed by atoms with Gasteiger partial charge in [0.05, 0.1) is 29.7 Å². The van der Waals surface area contributed by atoms with Gasteiger partial charge in [-0.05, 0) is 48.9 Å². The van der Waals surface area contributed by atoms with E-state index >= 15 is 0 Å². The molecule has 152 valence electrons. The number of benzene rings is 3. The predicted molar refractivity (Wildman–Crippen MR) is 121 cm³/mol. The van der Waals surface area contributed by atoms with Crippen LogP contribution in [0, 0.1) is 13.8 Å². The van der Waals surface area contributed by atoms with Crippen LogP contribution in [-0.4, -0.2) is 29.3 Å². The first-order chi connectivity index (χ1) is 14.5. The SMILES string of the molecule is Cc1nn(-c2ccccc2)c(C)c1C[NH+](C)CC(=O)Nc1ccc2ccccc2c1. The van der Waals surface area contributed by atoms with Crippen LogP contribution in [0.25, 0.3) is 16.5 Å². The Balaban J connectivity index is 1.42. The lowest BCUT2D eigenvalue weighted by molar-refractivity contribution is -0.885. The molecule has 5 heteroatoms. The lowest BCUT2D eigenvalue weighted by Gasteiger charge is -2.14. The van der Waals surface area contributed by atoms with E-state index < -0.39 is 0 Å². The van der Waals surface area contributed by atoms with Gasteiger partial charge in [-0.2, -0.15) is 5.10 Å². The maximum Gasteiger partial charge on any atom is 0.279 e. The van der Waals surface area contributed by atoms with Crippen LogP contribution in [0.4, 0.5) is 5.69 Å². The zero-order valence-electron chi connectivity index (χ0n) is 17.6. The Morgan fingerprint density at radius 1 is 0.967 bits per heavy atom. The molecule has 3 aromatic carbocycles. The molecule has 0 radical (unpaired) electrons. The third-order valence-corrected chi connectivity index (χ3v) is 5.42. The molecule has 0 saturated heterocycles. The molecule has 4 rings (SSSR count). The van der Waals surface area contributed by atoms with Gasteiger partial charge >= 0.3 is 0 Å². The van der Waals surface area contributed by atoms with Gasteiger partial charge in [0.25, 0.3) is 5.91 Å². The minimum absolute atomic E-state index is 0.00791. The number of aryl methyl sites for hydroxylation is 1. The van der Waals surface area contributed by atoms with Crippen LogP contribution >= 0.6 is 0 Å². The summed E-state index contributed by atoms with van der Waals surface area (Å²) >= 11 is 0. The fourth-order valence-corrected chi connectivity index (χ4v) is 3.86. The zero-order valence-corrected chi connectivity index (χ0v) is 17.6. The highest BCUT2D eigenvalue weighted by atomic mass is 16.2. The van der Waals surface area contributed by atoms with Gasteiger partial charge in [-0.3, -0.25) is 4.79 Å². The van der Waals surface area contributed by atoms with E-state index in [-0.39, 0.29) is 5.91 Å². The number of hydrogen-bond acceptors (Lipinski definition) is 2. The Labute approximate surface area is 176 Å². The summed E-state index contributed by atoms with van der Waals surface area (Å²) in [4.78, 5) is 13.7. The van der Waals surface area contributed by atoms with Crippen molar-refractivity contribution in [1.29, 1.82) is 0 Å². The van der Waals surface area contributed by atoms with Gasteiger partial charge in [0.1, 0.15) is 6.54 Å². The molecule has 0 bridgehead atoms. The first-order valence-electron chi connectivity index (χ1n) is 10.2. The molecule has 2 N–H and O–H groups in total. The average molecular weight is 400 g/mol. The molecule has 0 fully saturated rings. The van der Waals surface area contributed by atoms with Crippen molar-refractivity contribution in [1.82, 2.24) is 9.78 Å². The maximum atomic E-state index is 12.6. The molecular formula is C25H27N4O+. The Hall–Kier alpha value is -3.44. The van der Waals surface area contributed by atoms with Crippen LogP contribution < -0.4 is 10.2 Å². The molecule has 0 aliphatic heterocycles. The largest absolute Gasteiger partial charge is 0.326 e. The number of nitrogens with one attached hydrogen (secondary N) is 2. The summed E-state index contributed by atoms with van der Waals surface area (Å²) in [7, 11) is 2.04. The highest BCUT2D eigenvalue weighted by Crippen LogP contribution is 2.19. The summed E-state index contributed by atoms with van der Waals surface area (Å²) < 4.78 is 1.98. The second kappa shape index (κ2) is 8.51. The molecule has 30 heavy (non-hydrogen) atoms. The van der Waals surface area contributed by atoms with Gasteiger partial charge in [-0.25, -0.2) is 4.68 Å². The highest BCUT2D eigenvalue weighted by Gasteiger charge is 2.18. The van der Waals surface area contributed by atoms with Crippen molar-refractivity contribution in [2.24, 2.45) is 0 Å². The fourth-order valence-electron chi connectivity index (χ4n) is 3.86. The topological polar surface area (TPSA) is 51.4 Å². The number of likely N-dealkylation sites (N-methyl/N-ethyl adjacent to an activating group) is 1. The molecule has 0 aliphatic carbocycles. The first-order valence-corrected chi connectivity index (χ1v) is 10.2. The number of hydrogen-bond donors (Lipinski definition) is 2. The molecule has 1 atom stereocenters. The van der Waals surface area contributed by atoms with Crippen molar-refractivity contribution in [3.63, 3.8) is 0 Å². The van der Waals surface area contributed by atoms with Crippen molar-refractivity contribution >= 4 is 22.4 Å². The third-order valence-electron chi connectivity index (χ3n) is 5.42. The number of amides is 1. The van der Waals surface area contributed by atoms with Gasteiger partial charge in [0, 0.05) is 5.69 Å². The molecule has 1 heterocycles. The van der Waals surface area contributed by atoms with Crippen LogP contribution in [0.3, 0.4) is 0 Å². The Kier molecular flexibility index (Phi) is 5.63. The number of aromatic nitrogens is 2. The average Bonchev–Trinajstić information content (AvgIpc) is 3.02. The number of nitrogens with zero attached hydrogens (tertiary/aromatic N) is 2. The lowest BCUT2D eigenvalue weighted by Crippen LogP contribution is -3.08. The molecule has 0 spiro atoms. The van der Waals surface area contributed by atoms with Crippen LogP contribution in [0.1, 0.15) is 17.0 Å². The maximum absolute atomic E-state index is 12.6. The molecule has 4 aromatic rings. The summed E-state index contributed by atoms with van der Waals surface area (Å²) in [6.07, 6.45) is 0. The minimum Gasteiger partial charge on any atom is -0.326 e. The lowest BCUT2D eigenvalue weighted by atomic mass is 10.1. The molecular weight excluding hydrogens is 372 g/mol. The second-order valence-corrected chi connectivity index (χ2v) is 7.82. The van der Waals surface area contributed by atoms with Crippen LogP contribution in [0.15, 0.2) is 72.8 Å². The predicted octanol–water partition coefficient (Wildman–Crippen LogP) is 3.30. The standard InChI is InChI=1S/C25H26N4O/c1-18-24(19(2)29(27-18)23-11-5-4-6-12-23)16-28(3)17-25(30)26-22-14-13-20-9-7-8-10-21(20)15-22/h4-15H,16-17H2,1-3H3,(H,26,30)/p+1. The van der Waals surface area contributed by atoms with Crippen LogP contribution in [0.5, 0.6) is 0 Å². The number of quaternary nitrogens is 1. The summed E-state index contributed by atoms with van der Waals surface area (Å²) in [6, 6.07) is 24.3. The molecule has 0 aliphatic rings. The number of carbonyl (C=O) groups excluding carboxylic acids is 1. The van der Waals surface area contributed by atoms with Crippen molar-refractivity contribution in [2.45, 2.75) is 20.4 Å². The second-order valence-electron chi connectivity index (χ2n) is 7.82. The normalized spacial score (nSPS) is 12.1. The van der Waals surface area contributed by atoms with E-state index in [1.165, 1.54) is 10.9 Å². The molecule has 1 unspecified atom stereocenters. The molecule has 0 saturated carbocycles. The van der Waals surface area contributed by atoms with E-state index in [0.717, 1.165) is 39.6 Å².